The maximum absolute atomic E-state index is 13.7. The predicted molar refractivity (Wildman–Crippen MR) is 128 cm³/mol. The minimum Gasteiger partial charge on any atom is -0.507 e. The summed E-state index contributed by atoms with van der Waals surface area (Å²) in [5.74, 6) is -1.82. The number of carbonyl (C=O) groups is 2. The Morgan fingerprint density at radius 2 is 1.88 bits per heavy atom. The number of amides is 1. The van der Waals surface area contributed by atoms with E-state index in [1.165, 1.54) is 23.1 Å². The highest BCUT2D eigenvalue weighted by molar-refractivity contribution is 7.22. The topological polar surface area (TPSA) is 79.7 Å². The van der Waals surface area contributed by atoms with Gasteiger partial charge < -0.3 is 9.84 Å². The van der Waals surface area contributed by atoms with Gasteiger partial charge in [0.2, 0.25) is 0 Å². The summed E-state index contributed by atoms with van der Waals surface area (Å²) in [4.78, 5) is 32.2. The van der Waals surface area contributed by atoms with Crippen LogP contribution in [0.2, 0.25) is 0 Å². The maximum atomic E-state index is 13.7. The summed E-state index contributed by atoms with van der Waals surface area (Å²) in [5, 5.41) is 11.5. The van der Waals surface area contributed by atoms with Gasteiger partial charge in [-0.3, -0.25) is 14.5 Å². The van der Waals surface area contributed by atoms with E-state index in [0.29, 0.717) is 33.7 Å². The van der Waals surface area contributed by atoms with Crippen molar-refractivity contribution >= 4 is 44.1 Å². The van der Waals surface area contributed by atoms with E-state index in [-0.39, 0.29) is 16.5 Å². The number of Topliss-reactive ketones (excluding diaryl/α,β-unsaturated/α-hetero) is 1. The summed E-state index contributed by atoms with van der Waals surface area (Å²) >= 11 is 1.11. The summed E-state index contributed by atoms with van der Waals surface area (Å²) in [6.07, 6.45) is 0. The van der Waals surface area contributed by atoms with Gasteiger partial charge in [-0.2, -0.15) is 0 Å². The highest BCUT2D eigenvalue weighted by Crippen LogP contribution is 2.44. The number of aliphatic hydroxyl groups excluding tert-OH is 1. The lowest BCUT2D eigenvalue weighted by Crippen LogP contribution is -2.29. The minimum atomic E-state index is -0.901. The molecular weight excluding hydrogens is 455 g/mol. The number of aromatic nitrogens is 1. The fourth-order valence-electron chi connectivity index (χ4n) is 4.03. The second-order valence-electron chi connectivity index (χ2n) is 7.65. The molecule has 2 heterocycles. The molecule has 0 saturated carbocycles. The quantitative estimate of drug-likeness (QED) is 0.236. The molecule has 1 amide bonds. The van der Waals surface area contributed by atoms with Crippen LogP contribution in [-0.4, -0.2) is 28.4 Å². The normalized spacial score (nSPS) is 17.5. The molecule has 0 spiro atoms. The van der Waals surface area contributed by atoms with Crippen molar-refractivity contribution in [3.8, 4) is 5.75 Å². The molecule has 0 bridgehead atoms. The van der Waals surface area contributed by atoms with Crippen LogP contribution in [0.3, 0.4) is 0 Å². The molecule has 1 aliphatic heterocycles. The van der Waals surface area contributed by atoms with Crippen LogP contribution in [0.25, 0.3) is 16.0 Å². The van der Waals surface area contributed by atoms with Crippen LogP contribution < -0.4 is 9.64 Å². The van der Waals surface area contributed by atoms with E-state index in [9.17, 15) is 19.1 Å². The molecule has 34 heavy (non-hydrogen) atoms. The van der Waals surface area contributed by atoms with Crippen molar-refractivity contribution in [2.45, 2.75) is 13.0 Å². The highest BCUT2D eigenvalue weighted by Gasteiger charge is 2.48. The molecule has 5 rings (SSSR count). The number of thiazole rings is 1. The van der Waals surface area contributed by atoms with Crippen molar-refractivity contribution in [3.05, 3.63) is 95.3 Å². The fourth-order valence-corrected chi connectivity index (χ4v) is 5.04. The Morgan fingerprint density at radius 3 is 2.65 bits per heavy atom. The fraction of sp³-hybridized carbons (Fsp3) is 0.115. The van der Waals surface area contributed by atoms with E-state index in [1.54, 1.807) is 48.5 Å². The molecule has 0 radical (unpaired) electrons. The molecule has 170 valence electrons. The molecule has 4 aromatic rings. The second kappa shape index (κ2) is 8.72. The van der Waals surface area contributed by atoms with Crippen molar-refractivity contribution < 1.29 is 23.8 Å². The number of fused-ring (bicyclic) bond motifs is 1. The van der Waals surface area contributed by atoms with Gasteiger partial charge in [-0.05, 0) is 42.8 Å². The first kappa shape index (κ1) is 21.8. The highest BCUT2D eigenvalue weighted by atomic mass is 32.1. The summed E-state index contributed by atoms with van der Waals surface area (Å²) in [5.41, 5.74) is 1.46. The summed E-state index contributed by atoms with van der Waals surface area (Å²) in [7, 11) is 0. The van der Waals surface area contributed by atoms with Crippen molar-refractivity contribution in [2.75, 3.05) is 11.5 Å². The largest absolute Gasteiger partial charge is 0.507 e. The Kier molecular flexibility index (Phi) is 5.59. The molecule has 8 heteroatoms. The van der Waals surface area contributed by atoms with E-state index in [4.69, 9.17) is 4.74 Å². The maximum Gasteiger partial charge on any atom is 0.301 e. The van der Waals surface area contributed by atoms with Gasteiger partial charge >= 0.3 is 5.91 Å². The van der Waals surface area contributed by atoms with Crippen LogP contribution in [-0.2, 0) is 9.59 Å². The zero-order valence-corrected chi connectivity index (χ0v) is 18.9. The van der Waals surface area contributed by atoms with Crippen LogP contribution in [0.1, 0.15) is 24.1 Å². The third kappa shape index (κ3) is 3.72. The lowest BCUT2D eigenvalue weighted by atomic mass is 9.95. The molecule has 0 aliphatic carbocycles. The van der Waals surface area contributed by atoms with Crippen LogP contribution in [0, 0.1) is 5.82 Å². The van der Waals surface area contributed by atoms with Gasteiger partial charge in [0, 0.05) is 5.56 Å². The average molecular weight is 475 g/mol. The lowest BCUT2D eigenvalue weighted by Gasteiger charge is -2.23. The summed E-state index contributed by atoms with van der Waals surface area (Å²) in [6.45, 7) is 2.29. The van der Waals surface area contributed by atoms with E-state index in [2.05, 4.69) is 4.98 Å². The van der Waals surface area contributed by atoms with Gasteiger partial charge in [0.25, 0.3) is 5.78 Å². The molecule has 1 fully saturated rings. The molecule has 1 atom stereocenters. The molecule has 1 aliphatic rings. The number of nitrogens with zero attached hydrogens (tertiary/aromatic N) is 2. The number of benzene rings is 3. The number of hydrogen-bond acceptors (Lipinski definition) is 6. The van der Waals surface area contributed by atoms with Crippen molar-refractivity contribution in [3.63, 3.8) is 0 Å². The number of carbonyl (C=O) groups excluding carboxylic acids is 2. The van der Waals surface area contributed by atoms with E-state index in [1.807, 2.05) is 13.0 Å². The molecule has 3 aromatic carbocycles. The van der Waals surface area contributed by atoms with Crippen molar-refractivity contribution in [1.82, 2.24) is 4.98 Å². The zero-order valence-electron chi connectivity index (χ0n) is 18.1. The van der Waals surface area contributed by atoms with Gasteiger partial charge in [0.1, 0.15) is 17.3 Å². The van der Waals surface area contributed by atoms with Crippen LogP contribution in [0.4, 0.5) is 9.52 Å². The van der Waals surface area contributed by atoms with Crippen LogP contribution in [0.15, 0.2) is 78.4 Å². The molecule has 1 aromatic heterocycles. The van der Waals surface area contributed by atoms with Crippen molar-refractivity contribution in [1.29, 1.82) is 0 Å². The van der Waals surface area contributed by atoms with Crippen molar-refractivity contribution in [2.24, 2.45) is 0 Å². The Morgan fingerprint density at radius 1 is 1.09 bits per heavy atom. The van der Waals surface area contributed by atoms with E-state index >= 15 is 0 Å². The van der Waals surface area contributed by atoms with Gasteiger partial charge in [0.15, 0.2) is 5.13 Å². The third-order valence-electron chi connectivity index (χ3n) is 5.52. The number of hydrogen-bond donors (Lipinski definition) is 1. The first-order chi connectivity index (χ1) is 16.5. The summed E-state index contributed by atoms with van der Waals surface area (Å²) < 4.78 is 19.8. The monoisotopic (exact) mass is 474 g/mol. The Labute approximate surface area is 198 Å². The van der Waals surface area contributed by atoms with Gasteiger partial charge in [-0.1, -0.05) is 53.8 Å². The molecule has 1 saturated heterocycles. The number of ether oxygens (including phenoxy) is 1. The first-order valence-corrected chi connectivity index (χ1v) is 11.4. The lowest BCUT2D eigenvalue weighted by molar-refractivity contribution is -0.132. The first-order valence-electron chi connectivity index (χ1n) is 10.6. The minimum absolute atomic E-state index is 0.0460. The SMILES string of the molecule is CCOc1cccc(C(O)=C2C(=O)C(=O)N(c3nc4ccc(F)cc4s3)C2c2ccccc2)c1. The number of rotatable bonds is 5. The summed E-state index contributed by atoms with van der Waals surface area (Å²) in [6, 6.07) is 18.9. The molecular formula is C26H19FN2O4S. The van der Waals surface area contributed by atoms with Gasteiger partial charge in [-0.25, -0.2) is 9.37 Å². The number of aliphatic hydroxyl groups is 1. The molecule has 6 nitrogen and oxygen atoms in total. The van der Waals surface area contributed by atoms with Crippen LogP contribution in [0.5, 0.6) is 5.75 Å². The standard InChI is InChI=1S/C26H19FN2O4S/c1-2-33-18-10-6-9-16(13-18)23(30)21-22(15-7-4-3-5-8-15)29(25(32)24(21)31)26-28-19-12-11-17(27)14-20(19)34-26/h3-14,22,30H,2H2,1H3. The number of anilines is 1. The Hall–Kier alpha value is -4.04. The Balaban J connectivity index is 1.70. The van der Waals surface area contributed by atoms with Crippen LogP contribution >= 0.6 is 11.3 Å². The van der Waals surface area contributed by atoms with Gasteiger partial charge in [-0.15, -0.1) is 0 Å². The van der Waals surface area contributed by atoms with Gasteiger partial charge in [0.05, 0.1) is 28.4 Å². The molecule has 1 unspecified atom stereocenters. The predicted octanol–water partition coefficient (Wildman–Crippen LogP) is 5.46. The molecule has 1 N–H and O–H groups in total. The van der Waals surface area contributed by atoms with E-state index < -0.39 is 23.5 Å². The number of ketones is 1. The second-order valence-corrected chi connectivity index (χ2v) is 8.66. The Bertz CT molecular complexity index is 1450. The average Bonchev–Trinajstić information content (AvgIpc) is 3.37. The van der Waals surface area contributed by atoms with E-state index in [0.717, 1.165) is 11.3 Å². The third-order valence-corrected chi connectivity index (χ3v) is 6.54. The zero-order chi connectivity index (χ0) is 23.8. The number of halogens is 1. The smallest absolute Gasteiger partial charge is 0.301 e.